The highest BCUT2D eigenvalue weighted by atomic mass is 28.4. The van der Waals surface area contributed by atoms with Gasteiger partial charge < -0.3 is 13.7 Å². The number of hydrogen-bond donors (Lipinski definition) is 0. The van der Waals surface area contributed by atoms with Crippen molar-refractivity contribution < 1.29 is 18.8 Å². The minimum Gasteiger partial charge on any atom is -0.534 e. The molecule has 1 heterocycles. The fourth-order valence-corrected chi connectivity index (χ4v) is 13.4. The second-order valence-electron chi connectivity index (χ2n) is 15.3. The SMILES string of the molecule is CC(C)(C)[Si](Oc1ccc(C[C@@H]2C(=O)N([Si](C)(C)C(C)(C)C)[C@@H]2C(=O)OCc2ccccc2)cc1)(c1ccccc1)c1ccccc1. The van der Waals surface area contributed by atoms with Crippen molar-refractivity contribution in [1.29, 1.82) is 0 Å². The molecule has 1 amide bonds. The summed E-state index contributed by atoms with van der Waals surface area (Å²) in [5.41, 5.74) is 1.92. The van der Waals surface area contributed by atoms with Crippen LogP contribution in [0.25, 0.3) is 0 Å². The molecule has 47 heavy (non-hydrogen) atoms. The number of hydrogen-bond acceptors (Lipinski definition) is 4. The Labute approximate surface area is 283 Å². The van der Waals surface area contributed by atoms with Crippen LogP contribution in [0.15, 0.2) is 115 Å². The zero-order valence-corrected chi connectivity index (χ0v) is 31.1. The van der Waals surface area contributed by atoms with Gasteiger partial charge in [-0.05, 0) is 50.1 Å². The van der Waals surface area contributed by atoms with E-state index in [1.165, 1.54) is 10.4 Å². The van der Waals surface area contributed by atoms with E-state index in [-0.39, 0.29) is 28.6 Å². The van der Waals surface area contributed by atoms with E-state index >= 15 is 0 Å². The van der Waals surface area contributed by atoms with Crippen molar-refractivity contribution in [3.05, 3.63) is 126 Å². The van der Waals surface area contributed by atoms with Gasteiger partial charge in [0.15, 0.2) is 8.24 Å². The van der Waals surface area contributed by atoms with Gasteiger partial charge in [0.1, 0.15) is 18.4 Å². The average Bonchev–Trinajstić information content (AvgIpc) is 3.04. The first-order valence-corrected chi connectivity index (χ1v) is 21.4. The molecular formula is C40H49NO4Si2. The number of β-lactam (4-membered cyclic amide) rings is 1. The molecule has 1 fully saturated rings. The summed E-state index contributed by atoms with van der Waals surface area (Å²) in [6, 6.07) is 38.4. The van der Waals surface area contributed by atoms with Crippen LogP contribution in [0.4, 0.5) is 0 Å². The molecule has 0 N–H and O–H groups in total. The summed E-state index contributed by atoms with van der Waals surface area (Å²) in [4.78, 5) is 27.6. The molecule has 7 heteroatoms. The van der Waals surface area contributed by atoms with E-state index in [2.05, 4.69) is 103 Å². The first kappa shape index (κ1) is 34.4. The lowest BCUT2D eigenvalue weighted by molar-refractivity contribution is -0.168. The maximum Gasteiger partial charge on any atom is 0.329 e. The Balaban J connectivity index is 1.41. The molecule has 0 aliphatic carbocycles. The minimum absolute atomic E-state index is 0.0471. The summed E-state index contributed by atoms with van der Waals surface area (Å²) in [5.74, 6) is 0.0568. The smallest absolute Gasteiger partial charge is 0.329 e. The molecule has 5 nitrogen and oxygen atoms in total. The maximum atomic E-state index is 13.9. The molecule has 4 aromatic rings. The van der Waals surface area contributed by atoms with Crippen LogP contribution in [0.1, 0.15) is 52.7 Å². The number of amides is 1. The lowest BCUT2D eigenvalue weighted by Gasteiger charge is -2.57. The van der Waals surface area contributed by atoms with Crippen molar-refractivity contribution in [2.24, 2.45) is 5.92 Å². The molecule has 1 aliphatic rings. The number of esters is 1. The molecule has 0 unspecified atom stereocenters. The van der Waals surface area contributed by atoms with E-state index in [1.54, 1.807) is 0 Å². The molecule has 0 spiro atoms. The summed E-state index contributed by atoms with van der Waals surface area (Å²) in [7, 11) is -5.10. The lowest BCUT2D eigenvalue weighted by Crippen LogP contribution is -2.75. The monoisotopic (exact) mass is 663 g/mol. The topological polar surface area (TPSA) is 55.8 Å². The Morgan fingerprint density at radius 3 is 1.64 bits per heavy atom. The van der Waals surface area contributed by atoms with Gasteiger partial charge in [0.2, 0.25) is 5.91 Å². The van der Waals surface area contributed by atoms with Gasteiger partial charge in [0.25, 0.3) is 0 Å². The second kappa shape index (κ2) is 13.3. The molecule has 0 aromatic heterocycles. The van der Waals surface area contributed by atoms with E-state index in [9.17, 15) is 9.59 Å². The molecule has 1 aliphatic heterocycles. The Hall–Kier alpha value is -3.95. The average molecular weight is 664 g/mol. The Morgan fingerprint density at radius 2 is 1.17 bits per heavy atom. The number of ether oxygens (including phenoxy) is 1. The van der Waals surface area contributed by atoms with Gasteiger partial charge in [-0.1, -0.05) is 158 Å². The Bertz CT molecular complexity index is 1620. The molecule has 0 saturated carbocycles. The number of benzene rings is 4. The van der Waals surface area contributed by atoms with Gasteiger partial charge in [0, 0.05) is 0 Å². The lowest BCUT2D eigenvalue weighted by atomic mass is 9.84. The quantitative estimate of drug-likeness (QED) is 0.0990. The zero-order chi connectivity index (χ0) is 34.0. The summed E-state index contributed by atoms with van der Waals surface area (Å²) in [6.45, 7) is 17.8. The van der Waals surface area contributed by atoms with Gasteiger partial charge in [0.05, 0.1) is 5.92 Å². The highest BCUT2D eigenvalue weighted by Crippen LogP contribution is 2.46. The third-order valence-corrected chi connectivity index (χ3v) is 20.5. The third-order valence-electron chi connectivity index (χ3n) is 10.2. The van der Waals surface area contributed by atoms with E-state index in [1.807, 2.05) is 71.3 Å². The van der Waals surface area contributed by atoms with Crippen molar-refractivity contribution >= 4 is 38.8 Å². The fourth-order valence-electron chi connectivity index (χ4n) is 6.59. The first-order valence-electron chi connectivity index (χ1n) is 16.6. The van der Waals surface area contributed by atoms with Crippen LogP contribution in [-0.4, -0.2) is 39.0 Å². The first-order chi connectivity index (χ1) is 22.2. The van der Waals surface area contributed by atoms with Crippen LogP contribution in [0.3, 0.4) is 0 Å². The van der Waals surface area contributed by atoms with Crippen molar-refractivity contribution in [3.8, 4) is 5.75 Å². The summed E-state index contributed by atoms with van der Waals surface area (Å²) < 4.78 is 14.9. The standard InChI is InChI=1S/C40H49NO4Si2/c1-39(2,3)46(7,8)41-36(38(43)44-29-31-18-12-9-13-19-31)35(37(41)42)28-30-24-26-32(27-25-30)45-47(40(4,5)6,33-20-14-10-15-21-33)34-22-16-11-17-23-34/h9-27,35-36H,28-29H2,1-8H3/t35-,36-/m0/s1. The van der Waals surface area contributed by atoms with Crippen LogP contribution in [0.2, 0.25) is 23.2 Å². The van der Waals surface area contributed by atoms with Crippen LogP contribution in [-0.2, 0) is 27.4 Å². The van der Waals surface area contributed by atoms with Crippen LogP contribution in [0, 0.1) is 5.92 Å². The van der Waals surface area contributed by atoms with Crippen molar-refractivity contribution in [2.75, 3.05) is 0 Å². The van der Waals surface area contributed by atoms with Gasteiger partial charge in [-0.3, -0.25) is 4.79 Å². The van der Waals surface area contributed by atoms with E-state index in [0.29, 0.717) is 6.42 Å². The third kappa shape index (κ3) is 6.74. The largest absolute Gasteiger partial charge is 0.534 e. The van der Waals surface area contributed by atoms with Gasteiger partial charge in [-0.2, -0.15) is 0 Å². The van der Waals surface area contributed by atoms with Crippen molar-refractivity contribution in [3.63, 3.8) is 0 Å². The number of nitrogens with zero attached hydrogens (tertiary/aromatic N) is 1. The molecule has 2 atom stereocenters. The molecule has 246 valence electrons. The molecular weight excluding hydrogens is 615 g/mol. The summed E-state index contributed by atoms with van der Waals surface area (Å²) >= 11 is 0. The predicted molar refractivity (Wildman–Crippen MR) is 196 cm³/mol. The molecule has 1 saturated heterocycles. The summed E-state index contributed by atoms with van der Waals surface area (Å²) in [6.07, 6.45) is 0.467. The Kier molecular flexibility index (Phi) is 9.72. The van der Waals surface area contributed by atoms with E-state index < -0.39 is 28.5 Å². The van der Waals surface area contributed by atoms with Gasteiger partial charge in [-0.25, -0.2) is 4.79 Å². The van der Waals surface area contributed by atoms with Crippen LogP contribution in [0.5, 0.6) is 5.75 Å². The maximum absolute atomic E-state index is 13.9. The normalized spacial score (nSPS) is 17.2. The van der Waals surface area contributed by atoms with Crippen LogP contribution < -0.4 is 14.8 Å². The highest BCUT2D eigenvalue weighted by Gasteiger charge is 2.60. The summed E-state index contributed by atoms with van der Waals surface area (Å²) in [5, 5.41) is 2.16. The Morgan fingerprint density at radius 1 is 0.681 bits per heavy atom. The number of carbonyl (C=O) groups is 2. The fraction of sp³-hybridized carbons (Fsp3) is 0.350. The molecule has 0 radical (unpaired) electrons. The minimum atomic E-state index is -2.77. The van der Waals surface area contributed by atoms with E-state index in [4.69, 9.17) is 9.16 Å². The van der Waals surface area contributed by atoms with Crippen LogP contribution >= 0.6 is 0 Å². The molecule has 0 bridgehead atoms. The van der Waals surface area contributed by atoms with Crippen molar-refractivity contribution in [1.82, 2.24) is 4.57 Å². The molecule has 4 aromatic carbocycles. The predicted octanol–water partition coefficient (Wildman–Crippen LogP) is 7.74. The van der Waals surface area contributed by atoms with E-state index in [0.717, 1.165) is 16.9 Å². The van der Waals surface area contributed by atoms with Gasteiger partial charge >= 0.3 is 14.3 Å². The van der Waals surface area contributed by atoms with Gasteiger partial charge in [-0.15, -0.1) is 0 Å². The second-order valence-corrected chi connectivity index (χ2v) is 24.6. The number of rotatable bonds is 10. The van der Waals surface area contributed by atoms with Crippen molar-refractivity contribution in [2.45, 2.75) is 83.8 Å². The number of carbonyl (C=O) groups excluding carboxylic acids is 2. The highest BCUT2D eigenvalue weighted by molar-refractivity contribution is 7.00. The zero-order valence-electron chi connectivity index (χ0n) is 29.1. The molecule has 5 rings (SSSR count).